The Morgan fingerprint density at radius 3 is 2.68 bits per heavy atom. The number of carbonyl (C=O) groups excluding carboxylic acids is 1. The summed E-state index contributed by atoms with van der Waals surface area (Å²) in [6, 6.07) is 14.2. The third kappa shape index (κ3) is 2.75. The molecule has 0 aliphatic heterocycles. The van der Waals surface area contributed by atoms with Crippen molar-refractivity contribution in [1.29, 1.82) is 0 Å². The lowest BCUT2D eigenvalue weighted by Gasteiger charge is -2.09. The van der Waals surface area contributed by atoms with Gasteiger partial charge in [0, 0.05) is 22.3 Å². The van der Waals surface area contributed by atoms with Crippen molar-refractivity contribution in [3.05, 3.63) is 64.8 Å². The normalized spacial score (nSPS) is 10.9. The fraction of sp³-hybridized carbons (Fsp3) is 0.211. The molecule has 0 fully saturated rings. The number of aryl methyl sites for hydroxylation is 3. The Morgan fingerprint density at radius 2 is 1.86 bits per heavy atom. The van der Waals surface area contributed by atoms with Gasteiger partial charge in [0.25, 0.3) is 0 Å². The molecular weight excluding hydrogens is 272 g/mol. The maximum Gasteiger partial charge on any atom is 0.228 e. The molecule has 0 aliphatic carbocycles. The van der Waals surface area contributed by atoms with E-state index in [2.05, 4.69) is 22.4 Å². The van der Waals surface area contributed by atoms with Crippen LogP contribution in [0.4, 0.5) is 5.69 Å². The Hall–Kier alpha value is -2.55. The summed E-state index contributed by atoms with van der Waals surface area (Å²) in [5.74, 6) is 0.0153. The average Bonchev–Trinajstić information content (AvgIpc) is 2.79. The van der Waals surface area contributed by atoms with Crippen molar-refractivity contribution >= 4 is 22.5 Å². The van der Waals surface area contributed by atoms with Crippen LogP contribution in [0.5, 0.6) is 0 Å². The van der Waals surface area contributed by atoms with Gasteiger partial charge in [0.15, 0.2) is 0 Å². The van der Waals surface area contributed by atoms with E-state index in [1.807, 2.05) is 51.1 Å². The number of carbonyl (C=O) groups is 1. The van der Waals surface area contributed by atoms with Crippen LogP contribution in [0.3, 0.4) is 0 Å². The van der Waals surface area contributed by atoms with E-state index in [-0.39, 0.29) is 5.91 Å². The van der Waals surface area contributed by atoms with Crippen molar-refractivity contribution in [1.82, 2.24) is 4.98 Å². The van der Waals surface area contributed by atoms with Crippen molar-refractivity contribution in [2.24, 2.45) is 0 Å². The lowest BCUT2D eigenvalue weighted by molar-refractivity contribution is -0.115. The molecule has 3 rings (SSSR count). The topological polar surface area (TPSA) is 44.9 Å². The summed E-state index contributed by atoms with van der Waals surface area (Å²) >= 11 is 0. The van der Waals surface area contributed by atoms with Gasteiger partial charge in [-0.2, -0.15) is 0 Å². The lowest BCUT2D eigenvalue weighted by Crippen LogP contribution is -2.15. The number of rotatable bonds is 3. The molecule has 3 aromatic rings. The van der Waals surface area contributed by atoms with E-state index in [0.717, 1.165) is 39.0 Å². The maximum atomic E-state index is 12.4. The highest BCUT2D eigenvalue weighted by atomic mass is 16.1. The summed E-state index contributed by atoms with van der Waals surface area (Å²) < 4.78 is 0. The van der Waals surface area contributed by atoms with Crippen molar-refractivity contribution < 1.29 is 4.79 Å². The molecule has 112 valence electrons. The molecule has 0 unspecified atom stereocenters. The third-order valence-electron chi connectivity index (χ3n) is 4.03. The van der Waals surface area contributed by atoms with E-state index in [0.29, 0.717) is 6.42 Å². The Labute approximate surface area is 130 Å². The van der Waals surface area contributed by atoms with E-state index in [1.165, 1.54) is 0 Å². The van der Waals surface area contributed by atoms with Crippen molar-refractivity contribution in [3.8, 4) is 0 Å². The monoisotopic (exact) mass is 292 g/mol. The van der Waals surface area contributed by atoms with Crippen LogP contribution in [0.25, 0.3) is 10.9 Å². The molecule has 1 amide bonds. The van der Waals surface area contributed by atoms with Gasteiger partial charge in [-0.05, 0) is 49.6 Å². The number of nitrogens with one attached hydrogen (secondary N) is 2. The molecule has 0 saturated carbocycles. The van der Waals surface area contributed by atoms with Crippen LogP contribution in [-0.4, -0.2) is 10.9 Å². The van der Waals surface area contributed by atoms with Gasteiger partial charge in [0.1, 0.15) is 0 Å². The van der Waals surface area contributed by atoms with Crippen molar-refractivity contribution in [2.75, 3.05) is 5.32 Å². The number of anilines is 1. The fourth-order valence-corrected chi connectivity index (χ4v) is 2.79. The molecule has 1 aromatic heterocycles. The number of hydrogen-bond acceptors (Lipinski definition) is 1. The number of benzene rings is 2. The summed E-state index contributed by atoms with van der Waals surface area (Å²) in [4.78, 5) is 15.8. The zero-order valence-electron chi connectivity index (χ0n) is 13.2. The van der Waals surface area contributed by atoms with Gasteiger partial charge in [-0.3, -0.25) is 4.79 Å². The highest BCUT2D eigenvalue weighted by Gasteiger charge is 2.13. The zero-order chi connectivity index (χ0) is 15.7. The second kappa shape index (κ2) is 5.68. The summed E-state index contributed by atoms with van der Waals surface area (Å²) in [6.45, 7) is 6.05. The highest BCUT2D eigenvalue weighted by Crippen LogP contribution is 2.23. The number of hydrogen-bond donors (Lipinski definition) is 2. The molecular formula is C19H20N2O. The molecule has 0 radical (unpaired) electrons. The summed E-state index contributed by atoms with van der Waals surface area (Å²) in [6.07, 6.45) is 0.378. The molecule has 0 aliphatic rings. The van der Waals surface area contributed by atoms with Gasteiger partial charge >= 0.3 is 0 Å². The minimum Gasteiger partial charge on any atom is -0.358 e. The SMILES string of the molecule is Cc1ccc(C)c(NC(=O)Cc2c(C)[nH]c3ccccc23)c1. The largest absolute Gasteiger partial charge is 0.358 e. The first-order chi connectivity index (χ1) is 10.5. The van der Waals surface area contributed by atoms with Crippen LogP contribution in [0, 0.1) is 20.8 Å². The molecule has 0 bridgehead atoms. The lowest BCUT2D eigenvalue weighted by atomic mass is 10.1. The van der Waals surface area contributed by atoms with Gasteiger partial charge < -0.3 is 10.3 Å². The number of aromatic amines is 1. The predicted octanol–water partition coefficient (Wildman–Crippen LogP) is 4.27. The molecule has 1 heterocycles. The second-order valence-electron chi connectivity index (χ2n) is 5.82. The number of amides is 1. The molecule has 2 N–H and O–H groups in total. The Morgan fingerprint density at radius 1 is 1.09 bits per heavy atom. The van der Waals surface area contributed by atoms with Crippen molar-refractivity contribution in [2.45, 2.75) is 27.2 Å². The summed E-state index contributed by atoms with van der Waals surface area (Å²) in [5.41, 5.74) is 6.31. The number of H-pyrrole nitrogens is 1. The number of para-hydroxylation sites is 1. The molecule has 2 aromatic carbocycles. The molecule has 0 spiro atoms. The van der Waals surface area contributed by atoms with Crippen LogP contribution in [0.15, 0.2) is 42.5 Å². The van der Waals surface area contributed by atoms with Crippen LogP contribution in [0.1, 0.15) is 22.4 Å². The Bertz CT molecular complexity index is 846. The average molecular weight is 292 g/mol. The van der Waals surface area contributed by atoms with Gasteiger partial charge in [-0.25, -0.2) is 0 Å². The zero-order valence-corrected chi connectivity index (χ0v) is 13.2. The minimum absolute atomic E-state index is 0.0153. The molecule has 22 heavy (non-hydrogen) atoms. The number of aromatic nitrogens is 1. The van der Waals surface area contributed by atoms with Gasteiger partial charge in [-0.15, -0.1) is 0 Å². The summed E-state index contributed by atoms with van der Waals surface area (Å²) in [5, 5.41) is 4.15. The quantitative estimate of drug-likeness (QED) is 0.743. The molecule has 0 saturated heterocycles. The standard InChI is InChI=1S/C19H20N2O/c1-12-8-9-13(2)18(10-12)21-19(22)11-16-14(3)20-17-7-5-4-6-15(16)17/h4-10,20H,11H2,1-3H3,(H,21,22). The number of fused-ring (bicyclic) bond motifs is 1. The van der Waals surface area contributed by atoms with Gasteiger partial charge in [0.2, 0.25) is 5.91 Å². The van der Waals surface area contributed by atoms with E-state index >= 15 is 0 Å². The molecule has 3 nitrogen and oxygen atoms in total. The Kier molecular flexibility index (Phi) is 3.72. The smallest absolute Gasteiger partial charge is 0.228 e. The third-order valence-corrected chi connectivity index (χ3v) is 4.03. The van der Waals surface area contributed by atoms with E-state index in [4.69, 9.17) is 0 Å². The molecule has 0 atom stereocenters. The first kappa shape index (κ1) is 14.4. The van der Waals surface area contributed by atoms with E-state index in [1.54, 1.807) is 0 Å². The van der Waals surface area contributed by atoms with Crippen LogP contribution >= 0.6 is 0 Å². The maximum absolute atomic E-state index is 12.4. The predicted molar refractivity (Wildman–Crippen MR) is 91.3 cm³/mol. The van der Waals surface area contributed by atoms with Crippen LogP contribution in [-0.2, 0) is 11.2 Å². The van der Waals surface area contributed by atoms with E-state index < -0.39 is 0 Å². The summed E-state index contributed by atoms with van der Waals surface area (Å²) in [7, 11) is 0. The Balaban J connectivity index is 1.84. The first-order valence-corrected chi connectivity index (χ1v) is 7.48. The van der Waals surface area contributed by atoms with Crippen LogP contribution in [0.2, 0.25) is 0 Å². The minimum atomic E-state index is 0.0153. The van der Waals surface area contributed by atoms with Crippen LogP contribution < -0.4 is 5.32 Å². The highest BCUT2D eigenvalue weighted by molar-refractivity contribution is 5.96. The van der Waals surface area contributed by atoms with E-state index in [9.17, 15) is 4.79 Å². The fourth-order valence-electron chi connectivity index (χ4n) is 2.79. The van der Waals surface area contributed by atoms with Gasteiger partial charge in [-0.1, -0.05) is 30.3 Å². The first-order valence-electron chi connectivity index (χ1n) is 7.48. The van der Waals surface area contributed by atoms with Crippen molar-refractivity contribution in [3.63, 3.8) is 0 Å². The van der Waals surface area contributed by atoms with Gasteiger partial charge in [0.05, 0.1) is 6.42 Å². The molecule has 3 heteroatoms. The second-order valence-corrected chi connectivity index (χ2v) is 5.82.